The van der Waals surface area contributed by atoms with Crippen molar-refractivity contribution in [3.63, 3.8) is 0 Å². The minimum Gasteiger partial charge on any atom is -0.395 e. The third-order valence-electron chi connectivity index (χ3n) is 1.07. The van der Waals surface area contributed by atoms with Gasteiger partial charge in [-0.25, -0.2) is 0 Å². The number of allylic oxidation sites excluding steroid dienone is 1. The summed E-state index contributed by atoms with van der Waals surface area (Å²) in [6, 6.07) is 0. The molecule has 0 amide bonds. The number of rotatable bonds is 2. The van der Waals surface area contributed by atoms with Gasteiger partial charge in [0.25, 0.3) is 0 Å². The van der Waals surface area contributed by atoms with Gasteiger partial charge in [-0.1, -0.05) is 17.9 Å². The van der Waals surface area contributed by atoms with Crippen LogP contribution in [-0.2, 0) is 0 Å². The van der Waals surface area contributed by atoms with E-state index in [1.807, 2.05) is 0 Å². The number of aliphatic hydroxyl groups excluding tert-OH is 1. The molecule has 0 saturated heterocycles. The van der Waals surface area contributed by atoms with Gasteiger partial charge in [-0.2, -0.15) is 0 Å². The lowest BCUT2D eigenvalue weighted by molar-refractivity contribution is 0.305. The van der Waals surface area contributed by atoms with Gasteiger partial charge in [-0.05, 0) is 48.5 Å². The lowest BCUT2D eigenvalue weighted by atomic mass is 10.4. The first-order valence-corrected chi connectivity index (χ1v) is 4.58. The van der Waals surface area contributed by atoms with Gasteiger partial charge < -0.3 is 5.11 Å². The van der Waals surface area contributed by atoms with Crippen LogP contribution in [0, 0.1) is 47.4 Å². The van der Waals surface area contributed by atoms with Crippen LogP contribution in [0.15, 0.2) is 12.2 Å². The molecule has 2 heteroatoms. The summed E-state index contributed by atoms with van der Waals surface area (Å²) in [6.45, 7) is 1.60. The molecule has 1 atom stereocenters. The average Bonchev–Trinajstić information content (AvgIpc) is 2.26. The number of halogens is 1. The van der Waals surface area contributed by atoms with Crippen molar-refractivity contribution in [3.8, 4) is 47.4 Å². The van der Waals surface area contributed by atoms with Crippen molar-refractivity contribution in [1.82, 2.24) is 0 Å². The van der Waals surface area contributed by atoms with Crippen LogP contribution in [0.4, 0.5) is 0 Å². The van der Waals surface area contributed by atoms with Crippen LogP contribution in [-0.4, -0.2) is 17.1 Å². The SMILES string of the molecule is CC#CC#CC#CC#C/C=C/[C@H](Cl)CO. The smallest absolute Gasteiger partial charge is 0.0756 e. The standard InChI is InChI=1S/C13H9ClO/c1-2-3-4-5-6-7-8-9-10-11-13(14)12-15/h10-11,13,15H,12H2,1H3/b11-10+/t13-/m0/s1. The predicted octanol–water partition coefficient (Wildman–Crippen LogP) is 1.18. The second-order valence-electron chi connectivity index (χ2n) is 2.20. The Hall–Kier alpha value is -1.77. The Kier molecular flexibility index (Phi) is 9.09. The third kappa shape index (κ3) is 10.1. The molecule has 1 N–H and O–H groups in total. The number of hydrogen-bond acceptors (Lipinski definition) is 1. The average molecular weight is 217 g/mol. The van der Waals surface area contributed by atoms with E-state index in [1.165, 1.54) is 0 Å². The number of aliphatic hydroxyl groups is 1. The largest absolute Gasteiger partial charge is 0.395 e. The van der Waals surface area contributed by atoms with Crippen LogP contribution in [0.25, 0.3) is 0 Å². The molecule has 0 radical (unpaired) electrons. The lowest BCUT2D eigenvalue weighted by Crippen LogP contribution is -1.98. The molecule has 0 aliphatic heterocycles. The highest BCUT2D eigenvalue weighted by atomic mass is 35.5. The quantitative estimate of drug-likeness (QED) is 0.543. The Morgan fingerprint density at radius 1 is 1.13 bits per heavy atom. The van der Waals surface area contributed by atoms with E-state index >= 15 is 0 Å². The highest BCUT2D eigenvalue weighted by molar-refractivity contribution is 6.21. The fourth-order valence-corrected chi connectivity index (χ4v) is 0.551. The first kappa shape index (κ1) is 13.2. The van der Waals surface area contributed by atoms with E-state index in [0.29, 0.717) is 0 Å². The lowest BCUT2D eigenvalue weighted by Gasteiger charge is -1.92. The summed E-state index contributed by atoms with van der Waals surface area (Å²) in [4.78, 5) is 0. The fraction of sp³-hybridized carbons (Fsp3) is 0.231. The molecule has 0 spiro atoms. The maximum absolute atomic E-state index is 8.57. The van der Waals surface area contributed by atoms with Crippen molar-refractivity contribution in [2.75, 3.05) is 6.61 Å². The summed E-state index contributed by atoms with van der Waals surface area (Å²) >= 11 is 5.58. The monoisotopic (exact) mass is 216 g/mol. The van der Waals surface area contributed by atoms with Crippen molar-refractivity contribution >= 4 is 11.6 Å². The molecule has 15 heavy (non-hydrogen) atoms. The van der Waals surface area contributed by atoms with Crippen LogP contribution < -0.4 is 0 Å². The molecule has 0 saturated carbocycles. The molecule has 0 aromatic heterocycles. The Balaban J connectivity index is 4.05. The molecule has 74 valence electrons. The molecule has 0 unspecified atom stereocenters. The Morgan fingerprint density at radius 2 is 1.73 bits per heavy atom. The van der Waals surface area contributed by atoms with Gasteiger partial charge >= 0.3 is 0 Å². The van der Waals surface area contributed by atoms with Crippen molar-refractivity contribution in [2.24, 2.45) is 0 Å². The molecule has 1 nitrogen and oxygen atoms in total. The van der Waals surface area contributed by atoms with Gasteiger partial charge in [-0.3, -0.25) is 0 Å². The summed E-state index contributed by atoms with van der Waals surface area (Å²) < 4.78 is 0. The van der Waals surface area contributed by atoms with Gasteiger partial charge in [0.05, 0.1) is 12.0 Å². The Morgan fingerprint density at radius 3 is 2.33 bits per heavy atom. The zero-order valence-electron chi connectivity index (χ0n) is 8.26. The van der Waals surface area contributed by atoms with E-state index in [1.54, 1.807) is 19.1 Å². The van der Waals surface area contributed by atoms with Gasteiger partial charge in [0.1, 0.15) is 0 Å². The zero-order chi connectivity index (χ0) is 11.4. The van der Waals surface area contributed by atoms with Crippen molar-refractivity contribution in [3.05, 3.63) is 12.2 Å². The van der Waals surface area contributed by atoms with Crippen LogP contribution in [0.1, 0.15) is 6.92 Å². The maximum Gasteiger partial charge on any atom is 0.0756 e. The highest BCUT2D eigenvalue weighted by Crippen LogP contribution is 1.94. The maximum atomic E-state index is 8.57. The molecular weight excluding hydrogens is 208 g/mol. The minimum atomic E-state index is -0.396. The van der Waals surface area contributed by atoms with Crippen molar-refractivity contribution in [2.45, 2.75) is 12.3 Å². The summed E-state index contributed by atoms with van der Waals surface area (Å²) in [5.41, 5.74) is 0. The molecule has 0 rings (SSSR count). The molecule has 0 aromatic rings. The molecule has 0 aliphatic rings. The van der Waals surface area contributed by atoms with Crippen LogP contribution in [0.5, 0.6) is 0 Å². The van der Waals surface area contributed by atoms with E-state index < -0.39 is 5.38 Å². The van der Waals surface area contributed by atoms with Crippen LogP contribution in [0.3, 0.4) is 0 Å². The summed E-state index contributed by atoms with van der Waals surface area (Å²) in [5.74, 6) is 20.5. The van der Waals surface area contributed by atoms with Gasteiger partial charge in [0.15, 0.2) is 0 Å². The first-order valence-electron chi connectivity index (χ1n) is 4.15. The van der Waals surface area contributed by atoms with Gasteiger partial charge in [-0.15, -0.1) is 11.6 Å². The van der Waals surface area contributed by atoms with Gasteiger partial charge in [0.2, 0.25) is 0 Å². The van der Waals surface area contributed by atoms with E-state index in [4.69, 9.17) is 16.7 Å². The van der Waals surface area contributed by atoms with Crippen molar-refractivity contribution in [1.29, 1.82) is 0 Å². The highest BCUT2D eigenvalue weighted by Gasteiger charge is 1.91. The normalized spacial score (nSPS) is 9.27. The van der Waals surface area contributed by atoms with Gasteiger partial charge in [0, 0.05) is 0 Å². The number of alkyl halides is 1. The van der Waals surface area contributed by atoms with Crippen molar-refractivity contribution < 1.29 is 5.11 Å². The van der Waals surface area contributed by atoms with E-state index in [9.17, 15) is 0 Å². The van der Waals surface area contributed by atoms with E-state index in [2.05, 4.69) is 47.4 Å². The summed E-state index contributed by atoms with van der Waals surface area (Å²) in [5, 5.41) is 8.17. The predicted molar refractivity (Wildman–Crippen MR) is 62.6 cm³/mol. The van der Waals surface area contributed by atoms with Crippen LogP contribution in [0.2, 0.25) is 0 Å². The minimum absolute atomic E-state index is 0.105. The molecular formula is C13H9ClO. The summed E-state index contributed by atoms with van der Waals surface area (Å²) in [6.07, 6.45) is 3.13. The zero-order valence-corrected chi connectivity index (χ0v) is 9.02. The topological polar surface area (TPSA) is 20.2 Å². The van der Waals surface area contributed by atoms with E-state index in [-0.39, 0.29) is 6.61 Å². The number of hydrogen-bond donors (Lipinski definition) is 1. The molecule has 0 aromatic carbocycles. The van der Waals surface area contributed by atoms with Crippen LogP contribution >= 0.6 is 11.6 Å². The second-order valence-corrected chi connectivity index (χ2v) is 2.76. The fourth-order valence-electron chi connectivity index (χ4n) is 0.479. The molecule has 0 aliphatic carbocycles. The van der Waals surface area contributed by atoms with E-state index in [0.717, 1.165) is 0 Å². The molecule has 0 bridgehead atoms. The first-order chi connectivity index (χ1) is 7.31. The third-order valence-corrected chi connectivity index (χ3v) is 1.36. The Labute approximate surface area is 95.5 Å². The second kappa shape index (κ2) is 10.3. The summed E-state index contributed by atoms with van der Waals surface area (Å²) in [7, 11) is 0. The molecule has 0 fully saturated rings. The molecule has 0 heterocycles. The Bertz CT molecular complexity index is 444.